The Kier molecular flexibility index (Phi) is 4.96. The molecule has 23 heavy (non-hydrogen) atoms. The third kappa shape index (κ3) is 3.72. The van der Waals surface area contributed by atoms with Crippen LogP contribution in [0, 0.1) is 5.92 Å². The summed E-state index contributed by atoms with van der Waals surface area (Å²) in [5, 5.41) is 0. The van der Waals surface area contributed by atoms with Gasteiger partial charge in [-0.3, -0.25) is 14.5 Å². The van der Waals surface area contributed by atoms with Gasteiger partial charge in [-0.2, -0.15) is 0 Å². The van der Waals surface area contributed by atoms with Crippen molar-refractivity contribution >= 4 is 11.8 Å². The Hall–Kier alpha value is -1.88. The van der Waals surface area contributed by atoms with Crippen LogP contribution in [-0.4, -0.2) is 47.8 Å². The first-order valence-corrected chi connectivity index (χ1v) is 8.51. The molecule has 2 aliphatic rings. The lowest BCUT2D eigenvalue weighted by atomic mass is 9.94. The molecule has 0 aromatic heterocycles. The van der Waals surface area contributed by atoms with Crippen molar-refractivity contribution in [2.75, 3.05) is 26.2 Å². The second-order valence-corrected chi connectivity index (χ2v) is 6.62. The van der Waals surface area contributed by atoms with Crippen molar-refractivity contribution in [3.8, 4) is 0 Å². The number of primary amides is 1. The highest BCUT2D eigenvalue weighted by atomic mass is 16.2. The Bertz CT molecular complexity index is 553. The summed E-state index contributed by atoms with van der Waals surface area (Å²) < 4.78 is 0. The smallest absolute Gasteiger partial charge is 0.231 e. The Morgan fingerprint density at radius 3 is 2.39 bits per heavy atom. The summed E-state index contributed by atoms with van der Waals surface area (Å²) in [6.07, 6.45) is 3.77. The second-order valence-electron chi connectivity index (χ2n) is 6.62. The zero-order chi connectivity index (χ0) is 16.2. The quantitative estimate of drug-likeness (QED) is 0.916. The van der Waals surface area contributed by atoms with E-state index in [4.69, 9.17) is 5.73 Å². The molecule has 1 atom stereocenters. The van der Waals surface area contributed by atoms with Crippen molar-refractivity contribution < 1.29 is 9.59 Å². The normalized spacial score (nSPS) is 23.1. The maximum Gasteiger partial charge on any atom is 0.231 e. The molecule has 0 aliphatic carbocycles. The number of likely N-dealkylation sites (tertiary alicyclic amines) is 2. The molecule has 0 spiro atoms. The molecule has 0 radical (unpaired) electrons. The summed E-state index contributed by atoms with van der Waals surface area (Å²) in [4.78, 5) is 28.0. The lowest BCUT2D eigenvalue weighted by Gasteiger charge is -2.34. The predicted octanol–water partition coefficient (Wildman–Crippen LogP) is 1.55. The molecular weight excluding hydrogens is 290 g/mol. The first-order chi connectivity index (χ1) is 11.1. The molecule has 2 fully saturated rings. The number of hydrogen-bond donors (Lipinski definition) is 1. The van der Waals surface area contributed by atoms with Crippen LogP contribution in [0.15, 0.2) is 30.3 Å². The lowest BCUT2D eigenvalue weighted by Crippen LogP contribution is -2.44. The Morgan fingerprint density at radius 2 is 1.74 bits per heavy atom. The van der Waals surface area contributed by atoms with Crippen molar-refractivity contribution in [2.45, 2.75) is 31.7 Å². The van der Waals surface area contributed by atoms with Gasteiger partial charge in [0.2, 0.25) is 11.8 Å². The van der Waals surface area contributed by atoms with E-state index in [0.29, 0.717) is 6.54 Å². The number of benzene rings is 1. The van der Waals surface area contributed by atoms with Crippen LogP contribution in [0.25, 0.3) is 0 Å². The fraction of sp³-hybridized carbons (Fsp3) is 0.556. The van der Waals surface area contributed by atoms with Crippen LogP contribution >= 0.6 is 0 Å². The highest BCUT2D eigenvalue weighted by Crippen LogP contribution is 2.34. The molecule has 3 rings (SSSR count). The van der Waals surface area contributed by atoms with Gasteiger partial charge in [-0.15, -0.1) is 0 Å². The van der Waals surface area contributed by atoms with E-state index in [9.17, 15) is 9.59 Å². The first kappa shape index (κ1) is 16.0. The van der Waals surface area contributed by atoms with Crippen LogP contribution in [0.1, 0.15) is 37.3 Å². The highest BCUT2D eigenvalue weighted by Gasteiger charge is 2.35. The Morgan fingerprint density at radius 1 is 1.04 bits per heavy atom. The molecule has 2 aliphatic heterocycles. The summed E-state index contributed by atoms with van der Waals surface area (Å²) in [6, 6.07) is 10.6. The minimum atomic E-state index is -0.293. The van der Waals surface area contributed by atoms with E-state index in [1.807, 2.05) is 23.1 Å². The van der Waals surface area contributed by atoms with E-state index < -0.39 is 0 Å². The van der Waals surface area contributed by atoms with Gasteiger partial charge in [0.15, 0.2) is 0 Å². The molecule has 2 heterocycles. The van der Waals surface area contributed by atoms with Gasteiger partial charge in [0.05, 0.1) is 12.6 Å². The number of carbonyl (C=O) groups excluding carboxylic acids is 2. The number of nitrogens with two attached hydrogens (primary N) is 1. The average Bonchev–Trinajstić information content (AvgIpc) is 3.05. The minimum Gasteiger partial charge on any atom is -0.369 e. The van der Waals surface area contributed by atoms with Crippen LogP contribution in [0.2, 0.25) is 0 Å². The van der Waals surface area contributed by atoms with E-state index in [-0.39, 0.29) is 23.8 Å². The summed E-state index contributed by atoms with van der Waals surface area (Å²) in [7, 11) is 0. The van der Waals surface area contributed by atoms with Gasteiger partial charge in [0.25, 0.3) is 0 Å². The molecule has 0 unspecified atom stereocenters. The fourth-order valence-electron chi connectivity index (χ4n) is 3.85. The van der Waals surface area contributed by atoms with Gasteiger partial charge in [-0.05, 0) is 44.3 Å². The number of piperidine rings is 1. The SMILES string of the molecule is NC(=O)CN1CCC(C(=O)N2CCC[C@@H]2c2ccccc2)CC1. The van der Waals surface area contributed by atoms with Gasteiger partial charge in [0, 0.05) is 12.5 Å². The maximum atomic E-state index is 12.9. The van der Waals surface area contributed by atoms with Gasteiger partial charge in [-0.1, -0.05) is 30.3 Å². The molecule has 5 nitrogen and oxygen atoms in total. The third-order valence-corrected chi connectivity index (χ3v) is 5.04. The van der Waals surface area contributed by atoms with E-state index >= 15 is 0 Å². The topological polar surface area (TPSA) is 66.6 Å². The van der Waals surface area contributed by atoms with Crippen molar-refractivity contribution in [3.05, 3.63) is 35.9 Å². The molecule has 1 aromatic rings. The van der Waals surface area contributed by atoms with Crippen LogP contribution in [0.4, 0.5) is 0 Å². The predicted molar refractivity (Wildman–Crippen MR) is 88.5 cm³/mol. The van der Waals surface area contributed by atoms with Crippen molar-refractivity contribution in [1.29, 1.82) is 0 Å². The number of rotatable bonds is 4. The first-order valence-electron chi connectivity index (χ1n) is 8.51. The summed E-state index contributed by atoms with van der Waals surface area (Å²) >= 11 is 0. The molecule has 2 saturated heterocycles. The standard InChI is InChI=1S/C18H25N3O2/c19-17(22)13-20-11-8-15(9-12-20)18(23)21-10-4-7-16(21)14-5-2-1-3-6-14/h1-3,5-6,15-16H,4,7-13H2,(H2,19,22)/t16-/m1/s1. The van der Waals surface area contributed by atoms with Gasteiger partial charge >= 0.3 is 0 Å². The molecule has 0 saturated carbocycles. The molecule has 2 N–H and O–H groups in total. The van der Waals surface area contributed by atoms with E-state index in [1.54, 1.807) is 0 Å². The zero-order valence-corrected chi connectivity index (χ0v) is 13.5. The third-order valence-electron chi connectivity index (χ3n) is 5.04. The van der Waals surface area contributed by atoms with Crippen molar-refractivity contribution in [2.24, 2.45) is 11.7 Å². The molecule has 124 valence electrons. The van der Waals surface area contributed by atoms with Crippen LogP contribution in [0.3, 0.4) is 0 Å². The molecule has 0 bridgehead atoms. The van der Waals surface area contributed by atoms with E-state index in [1.165, 1.54) is 5.56 Å². The monoisotopic (exact) mass is 315 g/mol. The van der Waals surface area contributed by atoms with Crippen molar-refractivity contribution in [1.82, 2.24) is 9.80 Å². The average molecular weight is 315 g/mol. The second kappa shape index (κ2) is 7.13. The number of hydrogen-bond acceptors (Lipinski definition) is 3. The number of amides is 2. The number of carbonyl (C=O) groups is 2. The fourth-order valence-corrected chi connectivity index (χ4v) is 3.85. The Balaban J connectivity index is 1.61. The maximum absolute atomic E-state index is 12.9. The van der Waals surface area contributed by atoms with Gasteiger partial charge in [-0.25, -0.2) is 0 Å². The zero-order valence-electron chi connectivity index (χ0n) is 13.5. The molecule has 2 amide bonds. The summed E-state index contributed by atoms with van der Waals surface area (Å²) in [6.45, 7) is 2.73. The highest BCUT2D eigenvalue weighted by molar-refractivity contribution is 5.80. The molecular formula is C18H25N3O2. The summed E-state index contributed by atoms with van der Waals surface area (Å²) in [5.74, 6) is 0.0805. The van der Waals surface area contributed by atoms with Gasteiger partial charge in [0.1, 0.15) is 0 Å². The van der Waals surface area contributed by atoms with Crippen LogP contribution in [-0.2, 0) is 9.59 Å². The number of nitrogens with zero attached hydrogens (tertiary/aromatic N) is 2. The minimum absolute atomic E-state index is 0.0865. The lowest BCUT2D eigenvalue weighted by molar-refractivity contribution is -0.138. The van der Waals surface area contributed by atoms with E-state index in [0.717, 1.165) is 45.3 Å². The summed E-state index contributed by atoms with van der Waals surface area (Å²) in [5.41, 5.74) is 6.48. The molecule has 5 heteroatoms. The van der Waals surface area contributed by atoms with E-state index in [2.05, 4.69) is 17.0 Å². The molecule has 1 aromatic carbocycles. The Labute approximate surface area is 137 Å². The van der Waals surface area contributed by atoms with Crippen LogP contribution < -0.4 is 5.73 Å². The van der Waals surface area contributed by atoms with Gasteiger partial charge < -0.3 is 10.6 Å². The van der Waals surface area contributed by atoms with Crippen LogP contribution in [0.5, 0.6) is 0 Å². The van der Waals surface area contributed by atoms with Crippen molar-refractivity contribution in [3.63, 3.8) is 0 Å². The largest absolute Gasteiger partial charge is 0.369 e.